The molecule has 4 atom stereocenters. The lowest BCUT2D eigenvalue weighted by Crippen LogP contribution is -2.41. The van der Waals surface area contributed by atoms with Gasteiger partial charge in [-0.2, -0.15) is 0 Å². The fraction of sp³-hybridized carbons (Fsp3) is 0.357. The molecule has 29 heavy (non-hydrogen) atoms. The second kappa shape index (κ2) is 6.57. The van der Waals surface area contributed by atoms with E-state index in [4.69, 9.17) is 4.74 Å². The first-order valence-corrected chi connectivity index (χ1v) is 11.3. The topological polar surface area (TPSA) is 9.23 Å². The van der Waals surface area contributed by atoms with Gasteiger partial charge in [-0.15, -0.1) is 0 Å². The molecule has 0 amide bonds. The Morgan fingerprint density at radius 3 is 1.38 bits per heavy atom. The zero-order valence-corrected chi connectivity index (χ0v) is 16.9. The van der Waals surface area contributed by atoms with Crippen molar-refractivity contribution < 1.29 is 4.74 Å². The van der Waals surface area contributed by atoms with Crippen molar-refractivity contribution in [3.8, 4) is 0 Å². The van der Waals surface area contributed by atoms with E-state index in [2.05, 4.69) is 84.9 Å². The molecule has 1 nitrogen and oxygen atoms in total. The molecular weight excluding hydrogens is 352 g/mol. The lowest BCUT2D eigenvalue weighted by molar-refractivity contribution is -0.0583. The highest BCUT2D eigenvalue weighted by atomic mass is 16.5. The fourth-order valence-corrected chi connectivity index (χ4v) is 6.73. The van der Waals surface area contributed by atoms with Gasteiger partial charge in [-0.1, -0.05) is 111 Å². The molecule has 146 valence electrons. The third-order valence-corrected chi connectivity index (χ3v) is 7.76. The van der Waals surface area contributed by atoms with Gasteiger partial charge in [-0.25, -0.2) is 0 Å². The summed E-state index contributed by atoms with van der Waals surface area (Å²) in [5.74, 6) is 1.06. The first-order valence-electron chi connectivity index (χ1n) is 11.3. The van der Waals surface area contributed by atoms with Gasteiger partial charge in [0.05, 0.1) is 0 Å². The third kappa shape index (κ3) is 2.25. The summed E-state index contributed by atoms with van der Waals surface area (Å²) in [6.45, 7) is 0. The second-order valence-corrected chi connectivity index (χ2v) is 9.06. The molecule has 2 aliphatic heterocycles. The maximum atomic E-state index is 7.45. The number of fused-ring (bicyclic) bond motifs is 8. The van der Waals surface area contributed by atoms with Gasteiger partial charge in [0, 0.05) is 11.8 Å². The first kappa shape index (κ1) is 17.5. The molecule has 2 bridgehead atoms. The van der Waals surface area contributed by atoms with Gasteiger partial charge in [-0.05, 0) is 35.1 Å². The minimum Gasteiger partial charge on any atom is -0.349 e. The molecule has 0 spiro atoms. The van der Waals surface area contributed by atoms with Crippen molar-refractivity contribution in [1.29, 1.82) is 0 Å². The molecule has 4 unspecified atom stereocenters. The Bertz CT molecular complexity index is 928. The number of ether oxygens (including phenoxy) is 1. The molecule has 0 radical (unpaired) electrons. The van der Waals surface area contributed by atoms with Gasteiger partial charge in [0.25, 0.3) is 0 Å². The Balaban J connectivity index is 1.67. The summed E-state index contributed by atoms with van der Waals surface area (Å²) in [5, 5.41) is 0. The highest BCUT2D eigenvalue weighted by Gasteiger charge is 2.69. The molecule has 1 saturated heterocycles. The molecule has 2 fully saturated rings. The third-order valence-electron chi connectivity index (χ3n) is 7.76. The summed E-state index contributed by atoms with van der Waals surface area (Å²) >= 11 is 0. The average molecular weight is 381 g/mol. The van der Waals surface area contributed by atoms with Gasteiger partial charge in [0.1, 0.15) is 11.2 Å². The zero-order valence-electron chi connectivity index (χ0n) is 16.9. The fourth-order valence-electron chi connectivity index (χ4n) is 6.73. The lowest BCUT2D eigenvalue weighted by atomic mass is 9.57. The van der Waals surface area contributed by atoms with Crippen molar-refractivity contribution in [3.63, 3.8) is 0 Å². The summed E-state index contributed by atoms with van der Waals surface area (Å²) in [5.41, 5.74) is 4.82. The lowest BCUT2D eigenvalue weighted by Gasteiger charge is -2.42. The van der Waals surface area contributed by atoms with Crippen LogP contribution in [0.15, 0.2) is 84.9 Å². The Kier molecular flexibility index (Phi) is 3.96. The Morgan fingerprint density at radius 2 is 0.931 bits per heavy atom. The SMILES string of the molecule is c1ccc(C23OC(c4ccccc4)(c4ccccc42)C2CCCCCCC23)cc1. The Morgan fingerprint density at radius 1 is 0.517 bits per heavy atom. The monoisotopic (exact) mass is 380 g/mol. The second-order valence-electron chi connectivity index (χ2n) is 9.06. The van der Waals surface area contributed by atoms with Crippen molar-refractivity contribution in [3.05, 3.63) is 107 Å². The van der Waals surface area contributed by atoms with Crippen molar-refractivity contribution in [2.24, 2.45) is 11.8 Å². The van der Waals surface area contributed by atoms with Crippen LogP contribution in [0.3, 0.4) is 0 Å². The van der Waals surface area contributed by atoms with Gasteiger partial charge in [-0.3, -0.25) is 0 Å². The minimum atomic E-state index is -0.324. The molecule has 3 aliphatic rings. The summed E-state index contributed by atoms with van der Waals surface area (Å²) in [6, 6.07) is 31.2. The molecule has 0 N–H and O–H groups in total. The van der Waals surface area contributed by atoms with E-state index in [0.717, 1.165) is 0 Å². The summed E-state index contributed by atoms with van der Waals surface area (Å²) < 4.78 is 7.45. The number of hydrogen-bond donors (Lipinski definition) is 0. The van der Waals surface area contributed by atoms with E-state index < -0.39 is 0 Å². The van der Waals surface area contributed by atoms with Crippen LogP contribution in [0.5, 0.6) is 0 Å². The van der Waals surface area contributed by atoms with E-state index in [1.54, 1.807) is 0 Å². The van der Waals surface area contributed by atoms with E-state index in [0.29, 0.717) is 11.8 Å². The van der Waals surface area contributed by atoms with E-state index in [9.17, 15) is 0 Å². The highest BCUT2D eigenvalue weighted by molar-refractivity contribution is 5.57. The summed E-state index contributed by atoms with van der Waals surface area (Å²) in [7, 11) is 0. The van der Waals surface area contributed by atoms with E-state index >= 15 is 0 Å². The van der Waals surface area contributed by atoms with Crippen molar-refractivity contribution in [2.75, 3.05) is 0 Å². The number of rotatable bonds is 2. The predicted octanol–water partition coefficient (Wildman–Crippen LogP) is 6.80. The molecule has 1 heteroatoms. The zero-order chi connectivity index (χ0) is 19.3. The van der Waals surface area contributed by atoms with Crippen LogP contribution in [-0.4, -0.2) is 0 Å². The minimum absolute atomic E-state index is 0.324. The summed E-state index contributed by atoms with van der Waals surface area (Å²) in [4.78, 5) is 0. The molecule has 6 rings (SSSR count). The van der Waals surface area contributed by atoms with Crippen LogP contribution in [0.25, 0.3) is 0 Å². The quantitative estimate of drug-likeness (QED) is 0.475. The summed E-state index contributed by atoms with van der Waals surface area (Å²) in [6.07, 6.45) is 7.84. The van der Waals surface area contributed by atoms with E-state index in [1.807, 2.05) is 0 Å². The molecule has 1 aliphatic carbocycles. The maximum Gasteiger partial charge on any atom is 0.123 e. The van der Waals surface area contributed by atoms with Gasteiger partial charge in [0.2, 0.25) is 0 Å². The molecule has 2 heterocycles. The molecule has 0 aromatic heterocycles. The highest BCUT2D eigenvalue weighted by Crippen LogP contribution is 2.70. The van der Waals surface area contributed by atoms with Crippen LogP contribution in [-0.2, 0) is 15.9 Å². The van der Waals surface area contributed by atoms with E-state index in [-0.39, 0.29) is 11.2 Å². The molecule has 3 aromatic carbocycles. The Hall–Kier alpha value is -2.38. The standard InChI is InChI=1S/C28H28O/c1-2-10-18-24-23(17-9-1)27(21-13-5-3-6-14-21)25-19-11-12-20-26(25)28(24,29-27)22-15-7-4-8-16-22/h3-8,11-16,19-20,23-24H,1-2,9-10,17-18H2. The Labute approximate surface area is 173 Å². The predicted molar refractivity (Wildman–Crippen MR) is 117 cm³/mol. The first-order chi connectivity index (χ1) is 14.4. The van der Waals surface area contributed by atoms with E-state index in [1.165, 1.54) is 60.8 Å². The van der Waals surface area contributed by atoms with Crippen LogP contribution >= 0.6 is 0 Å². The van der Waals surface area contributed by atoms with Gasteiger partial charge in [0.15, 0.2) is 0 Å². The van der Waals surface area contributed by atoms with Crippen LogP contribution in [0.2, 0.25) is 0 Å². The average Bonchev–Trinajstić information content (AvgIpc) is 3.23. The number of hydrogen-bond acceptors (Lipinski definition) is 1. The van der Waals surface area contributed by atoms with Crippen molar-refractivity contribution in [2.45, 2.75) is 49.7 Å². The van der Waals surface area contributed by atoms with Crippen LogP contribution in [0.1, 0.15) is 60.8 Å². The normalized spacial score (nSPS) is 32.8. The van der Waals surface area contributed by atoms with Crippen LogP contribution < -0.4 is 0 Å². The van der Waals surface area contributed by atoms with Crippen molar-refractivity contribution >= 4 is 0 Å². The van der Waals surface area contributed by atoms with Crippen LogP contribution in [0, 0.1) is 11.8 Å². The number of benzene rings is 3. The maximum absolute atomic E-state index is 7.45. The van der Waals surface area contributed by atoms with Crippen molar-refractivity contribution in [1.82, 2.24) is 0 Å². The van der Waals surface area contributed by atoms with Gasteiger partial charge >= 0.3 is 0 Å². The smallest absolute Gasteiger partial charge is 0.123 e. The molecule has 3 aromatic rings. The van der Waals surface area contributed by atoms with Crippen LogP contribution in [0.4, 0.5) is 0 Å². The largest absolute Gasteiger partial charge is 0.349 e. The molecule has 1 saturated carbocycles. The van der Waals surface area contributed by atoms with Gasteiger partial charge < -0.3 is 4.74 Å². The molecular formula is C28H28O.